The molecule has 0 saturated carbocycles. The SMILES string of the molecule is COCCCn1c(-c2cccnc2)nc2cccnc21. The van der Waals surface area contributed by atoms with Crippen molar-refractivity contribution >= 4 is 11.2 Å². The molecule has 0 amide bonds. The lowest BCUT2D eigenvalue weighted by atomic mass is 10.2. The molecule has 3 aromatic heterocycles. The number of methoxy groups -OCH3 is 1. The molecule has 0 bridgehead atoms. The zero-order chi connectivity index (χ0) is 13.8. The predicted octanol–water partition coefficient (Wildman–Crippen LogP) is 2.53. The lowest BCUT2D eigenvalue weighted by Crippen LogP contribution is -2.04. The Kier molecular flexibility index (Phi) is 3.69. The summed E-state index contributed by atoms with van der Waals surface area (Å²) in [6.45, 7) is 1.55. The van der Waals surface area contributed by atoms with Gasteiger partial charge in [-0.1, -0.05) is 0 Å². The van der Waals surface area contributed by atoms with Gasteiger partial charge in [0.1, 0.15) is 11.3 Å². The van der Waals surface area contributed by atoms with Crippen LogP contribution >= 0.6 is 0 Å². The second-order valence-corrected chi connectivity index (χ2v) is 4.52. The fourth-order valence-corrected chi connectivity index (χ4v) is 2.25. The Balaban J connectivity index is 2.08. The Hall–Kier alpha value is -2.27. The van der Waals surface area contributed by atoms with Gasteiger partial charge in [0.2, 0.25) is 0 Å². The summed E-state index contributed by atoms with van der Waals surface area (Å²) in [6.07, 6.45) is 6.31. The molecule has 0 radical (unpaired) electrons. The molecule has 0 fully saturated rings. The van der Waals surface area contributed by atoms with Crippen molar-refractivity contribution in [3.63, 3.8) is 0 Å². The second kappa shape index (κ2) is 5.79. The molecule has 3 heterocycles. The van der Waals surface area contributed by atoms with Crippen LogP contribution in [0.25, 0.3) is 22.6 Å². The van der Waals surface area contributed by atoms with Crippen LogP contribution in [0.5, 0.6) is 0 Å². The molecule has 5 nitrogen and oxygen atoms in total. The molecule has 0 unspecified atom stereocenters. The van der Waals surface area contributed by atoms with Gasteiger partial charge in [0.05, 0.1) is 0 Å². The minimum absolute atomic E-state index is 0.721. The van der Waals surface area contributed by atoms with E-state index in [0.29, 0.717) is 0 Å². The maximum absolute atomic E-state index is 5.13. The second-order valence-electron chi connectivity index (χ2n) is 4.52. The molecule has 0 spiro atoms. The van der Waals surface area contributed by atoms with Gasteiger partial charge in [0, 0.05) is 44.4 Å². The van der Waals surface area contributed by atoms with Gasteiger partial charge in [-0.15, -0.1) is 0 Å². The Morgan fingerprint density at radius 1 is 1.20 bits per heavy atom. The van der Waals surface area contributed by atoms with Crippen molar-refractivity contribution in [2.45, 2.75) is 13.0 Å². The van der Waals surface area contributed by atoms with Crippen LogP contribution in [-0.4, -0.2) is 33.2 Å². The van der Waals surface area contributed by atoms with Crippen molar-refractivity contribution in [3.05, 3.63) is 42.9 Å². The molecule has 102 valence electrons. The molecule has 0 N–H and O–H groups in total. The average Bonchev–Trinajstić information content (AvgIpc) is 2.87. The van der Waals surface area contributed by atoms with Crippen LogP contribution in [0.3, 0.4) is 0 Å². The number of pyridine rings is 2. The van der Waals surface area contributed by atoms with Crippen molar-refractivity contribution in [2.75, 3.05) is 13.7 Å². The van der Waals surface area contributed by atoms with Crippen LogP contribution < -0.4 is 0 Å². The van der Waals surface area contributed by atoms with E-state index in [9.17, 15) is 0 Å². The Labute approximate surface area is 117 Å². The highest BCUT2D eigenvalue weighted by Crippen LogP contribution is 2.23. The maximum atomic E-state index is 5.13. The van der Waals surface area contributed by atoms with E-state index in [-0.39, 0.29) is 0 Å². The lowest BCUT2D eigenvalue weighted by molar-refractivity contribution is 0.191. The van der Waals surface area contributed by atoms with E-state index in [2.05, 4.69) is 19.5 Å². The quantitative estimate of drug-likeness (QED) is 0.667. The zero-order valence-electron chi connectivity index (χ0n) is 11.4. The normalized spacial score (nSPS) is 11.1. The zero-order valence-corrected chi connectivity index (χ0v) is 11.4. The van der Waals surface area contributed by atoms with Gasteiger partial charge in [0.15, 0.2) is 5.65 Å². The highest BCUT2D eigenvalue weighted by Gasteiger charge is 2.12. The van der Waals surface area contributed by atoms with E-state index in [1.165, 1.54) is 0 Å². The van der Waals surface area contributed by atoms with Gasteiger partial charge in [-0.2, -0.15) is 0 Å². The number of fused-ring (bicyclic) bond motifs is 1. The first-order valence-electron chi connectivity index (χ1n) is 6.61. The number of nitrogens with zero attached hydrogens (tertiary/aromatic N) is 4. The molecule has 0 aromatic carbocycles. The topological polar surface area (TPSA) is 52.8 Å². The summed E-state index contributed by atoms with van der Waals surface area (Å²) < 4.78 is 7.26. The van der Waals surface area contributed by atoms with Gasteiger partial charge >= 0.3 is 0 Å². The van der Waals surface area contributed by atoms with Gasteiger partial charge in [-0.3, -0.25) is 4.98 Å². The number of rotatable bonds is 5. The van der Waals surface area contributed by atoms with Gasteiger partial charge in [-0.05, 0) is 30.7 Å². The average molecular weight is 268 g/mol. The van der Waals surface area contributed by atoms with Gasteiger partial charge in [0.25, 0.3) is 0 Å². The molecule has 3 rings (SSSR count). The monoisotopic (exact) mass is 268 g/mol. The molecule has 0 atom stereocenters. The van der Waals surface area contributed by atoms with Crippen molar-refractivity contribution in [3.8, 4) is 11.4 Å². The van der Waals surface area contributed by atoms with E-state index >= 15 is 0 Å². The minimum Gasteiger partial charge on any atom is -0.385 e. The summed E-state index contributed by atoms with van der Waals surface area (Å²) in [7, 11) is 1.71. The van der Waals surface area contributed by atoms with Crippen LogP contribution in [-0.2, 0) is 11.3 Å². The number of hydrogen-bond acceptors (Lipinski definition) is 4. The van der Waals surface area contributed by atoms with Gasteiger partial charge in [-0.25, -0.2) is 9.97 Å². The third-order valence-electron chi connectivity index (χ3n) is 3.15. The third kappa shape index (κ3) is 2.40. The minimum atomic E-state index is 0.721. The smallest absolute Gasteiger partial charge is 0.160 e. The first-order valence-corrected chi connectivity index (χ1v) is 6.61. The number of aromatic nitrogens is 4. The van der Waals surface area contributed by atoms with Crippen molar-refractivity contribution < 1.29 is 4.74 Å². The molecular formula is C15H16N4O. The molecule has 0 saturated heterocycles. The van der Waals surface area contributed by atoms with E-state index in [0.717, 1.165) is 42.1 Å². The van der Waals surface area contributed by atoms with Crippen molar-refractivity contribution in [2.24, 2.45) is 0 Å². The molecule has 0 aliphatic rings. The Morgan fingerprint density at radius 3 is 2.90 bits per heavy atom. The molecular weight excluding hydrogens is 252 g/mol. The summed E-state index contributed by atoms with van der Waals surface area (Å²) >= 11 is 0. The maximum Gasteiger partial charge on any atom is 0.160 e. The summed E-state index contributed by atoms with van der Waals surface area (Å²) in [5.41, 5.74) is 2.81. The predicted molar refractivity (Wildman–Crippen MR) is 77.3 cm³/mol. The van der Waals surface area contributed by atoms with E-state index < -0.39 is 0 Å². The van der Waals surface area contributed by atoms with Crippen LogP contribution in [0, 0.1) is 0 Å². The molecule has 20 heavy (non-hydrogen) atoms. The first kappa shape index (κ1) is 12.7. The highest BCUT2D eigenvalue weighted by atomic mass is 16.5. The fourth-order valence-electron chi connectivity index (χ4n) is 2.25. The van der Waals surface area contributed by atoms with E-state index in [1.54, 1.807) is 19.5 Å². The lowest BCUT2D eigenvalue weighted by Gasteiger charge is -2.08. The summed E-state index contributed by atoms with van der Waals surface area (Å²) in [5, 5.41) is 0. The van der Waals surface area contributed by atoms with Crippen molar-refractivity contribution in [1.82, 2.24) is 19.5 Å². The Morgan fingerprint density at radius 2 is 2.10 bits per heavy atom. The third-order valence-corrected chi connectivity index (χ3v) is 3.15. The molecule has 0 aliphatic carbocycles. The molecule has 0 aliphatic heterocycles. The number of hydrogen-bond donors (Lipinski definition) is 0. The number of ether oxygens (including phenoxy) is 1. The van der Waals surface area contributed by atoms with Crippen molar-refractivity contribution in [1.29, 1.82) is 0 Å². The van der Waals surface area contributed by atoms with Crippen LogP contribution in [0.4, 0.5) is 0 Å². The standard InChI is InChI=1S/C15H16N4O/c1-20-10-4-9-19-14(12-5-2-7-16-11-12)18-13-6-3-8-17-15(13)19/h2-3,5-8,11H,4,9-10H2,1H3. The summed E-state index contributed by atoms with van der Waals surface area (Å²) in [6, 6.07) is 7.82. The largest absolute Gasteiger partial charge is 0.385 e. The molecule has 3 aromatic rings. The van der Waals surface area contributed by atoms with E-state index in [1.807, 2.05) is 30.5 Å². The number of aryl methyl sites for hydroxylation is 1. The van der Waals surface area contributed by atoms with Gasteiger partial charge < -0.3 is 9.30 Å². The summed E-state index contributed by atoms with van der Waals surface area (Å²) in [5.74, 6) is 0.905. The fraction of sp³-hybridized carbons (Fsp3) is 0.267. The number of imidazole rings is 1. The summed E-state index contributed by atoms with van der Waals surface area (Å²) in [4.78, 5) is 13.3. The Bertz CT molecular complexity index is 693. The first-order chi connectivity index (χ1) is 9.90. The van der Waals surface area contributed by atoms with Crippen LogP contribution in [0.2, 0.25) is 0 Å². The van der Waals surface area contributed by atoms with Crippen LogP contribution in [0.15, 0.2) is 42.9 Å². The molecule has 5 heteroatoms. The van der Waals surface area contributed by atoms with Crippen LogP contribution in [0.1, 0.15) is 6.42 Å². The highest BCUT2D eigenvalue weighted by molar-refractivity contribution is 5.76. The van der Waals surface area contributed by atoms with E-state index in [4.69, 9.17) is 4.74 Å².